The average Bonchev–Trinajstić information content (AvgIpc) is 2.47. The first-order valence-electron chi connectivity index (χ1n) is 6.99. The van der Waals surface area contributed by atoms with E-state index in [1.54, 1.807) is 0 Å². The van der Waals surface area contributed by atoms with Crippen LogP contribution in [-0.2, 0) is 14.3 Å². The molecule has 0 aromatic carbocycles. The van der Waals surface area contributed by atoms with Crippen LogP contribution in [0.5, 0.6) is 0 Å². The average molecular weight is 346 g/mol. The fourth-order valence-electron chi connectivity index (χ4n) is 2.50. The van der Waals surface area contributed by atoms with Crippen molar-refractivity contribution in [3.63, 3.8) is 0 Å². The molecule has 0 radical (unpaired) electrons. The number of hydrogen-bond donors (Lipinski definition) is 7. The minimum absolute atomic E-state index is 0.377. The highest BCUT2D eigenvalue weighted by atomic mass is 16.5. The van der Waals surface area contributed by atoms with Crippen molar-refractivity contribution in [3.8, 4) is 0 Å². The SMILES string of the molecule is CC(=O)N[C@@H]1[C@@H](N=C(N)N)C=C(C(=O)O)O[C@@]1(C)[C@H](O)[C@H](O)CO. The van der Waals surface area contributed by atoms with Gasteiger partial charge in [-0.1, -0.05) is 0 Å². The molecule has 24 heavy (non-hydrogen) atoms. The van der Waals surface area contributed by atoms with Crippen LogP contribution in [0.2, 0.25) is 0 Å². The predicted molar refractivity (Wildman–Crippen MR) is 81.5 cm³/mol. The Morgan fingerprint density at radius 2 is 2.04 bits per heavy atom. The number of amides is 1. The van der Waals surface area contributed by atoms with E-state index < -0.39 is 54.1 Å². The summed E-state index contributed by atoms with van der Waals surface area (Å²) in [6.07, 6.45) is -2.33. The Morgan fingerprint density at radius 1 is 1.46 bits per heavy atom. The number of nitrogens with zero attached hydrogens (tertiary/aromatic N) is 1. The quantitative estimate of drug-likeness (QED) is 0.189. The van der Waals surface area contributed by atoms with Crippen LogP contribution in [0.1, 0.15) is 13.8 Å². The van der Waals surface area contributed by atoms with Crippen molar-refractivity contribution in [3.05, 3.63) is 11.8 Å². The topological polar surface area (TPSA) is 201 Å². The van der Waals surface area contributed by atoms with E-state index >= 15 is 0 Å². The fraction of sp³-hybridized carbons (Fsp3) is 0.615. The van der Waals surface area contributed by atoms with E-state index in [0.717, 1.165) is 6.08 Å². The van der Waals surface area contributed by atoms with Gasteiger partial charge in [-0.2, -0.15) is 0 Å². The molecule has 1 rings (SSSR count). The van der Waals surface area contributed by atoms with Gasteiger partial charge in [-0.3, -0.25) is 4.79 Å². The maximum atomic E-state index is 11.5. The number of carbonyl (C=O) groups is 2. The number of carboxylic acid groups (broad SMARTS) is 1. The molecule has 0 saturated heterocycles. The van der Waals surface area contributed by atoms with Gasteiger partial charge in [0.2, 0.25) is 11.7 Å². The van der Waals surface area contributed by atoms with Crippen molar-refractivity contribution >= 4 is 17.8 Å². The first-order chi connectivity index (χ1) is 11.0. The van der Waals surface area contributed by atoms with Crippen molar-refractivity contribution in [1.29, 1.82) is 0 Å². The summed E-state index contributed by atoms with van der Waals surface area (Å²) >= 11 is 0. The standard InChI is InChI=1S/C13H22N4O7/c1-5(19)16-9-6(17-12(14)15)3-8(11(22)23)24-13(9,2)10(21)7(20)4-18/h3,6-7,9-10,18,20-21H,4H2,1-2H3,(H,16,19)(H,22,23)(H4,14,15,17)/t6-,7+,9+,10+,13+/m0/s1. The second kappa shape index (κ2) is 7.47. The molecule has 1 aliphatic rings. The zero-order valence-electron chi connectivity index (χ0n) is 13.2. The molecule has 1 heterocycles. The summed E-state index contributed by atoms with van der Waals surface area (Å²) in [5, 5.41) is 40.8. The molecule has 0 fully saturated rings. The third kappa shape index (κ3) is 4.13. The van der Waals surface area contributed by atoms with Crippen molar-refractivity contribution in [2.75, 3.05) is 6.61 Å². The van der Waals surface area contributed by atoms with E-state index in [4.69, 9.17) is 21.3 Å². The lowest BCUT2D eigenvalue weighted by Crippen LogP contribution is -2.67. The summed E-state index contributed by atoms with van der Waals surface area (Å²) in [5.74, 6) is -2.93. The normalized spacial score (nSPS) is 28.8. The molecular formula is C13H22N4O7. The smallest absolute Gasteiger partial charge is 0.370 e. The molecular weight excluding hydrogens is 324 g/mol. The number of aliphatic hydroxyl groups excluding tert-OH is 3. The van der Waals surface area contributed by atoms with Gasteiger partial charge in [0.15, 0.2) is 11.6 Å². The van der Waals surface area contributed by atoms with Crippen LogP contribution in [0, 0.1) is 0 Å². The van der Waals surface area contributed by atoms with Gasteiger partial charge in [0.1, 0.15) is 18.2 Å². The Morgan fingerprint density at radius 3 is 2.46 bits per heavy atom. The van der Waals surface area contributed by atoms with Gasteiger partial charge in [0.05, 0.1) is 12.6 Å². The van der Waals surface area contributed by atoms with E-state index in [9.17, 15) is 24.9 Å². The van der Waals surface area contributed by atoms with Gasteiger partial charge in [-0.05, 0) is 13.0 Å². The van der Waals surface area contributed by atoms with Crippen LogP contribution in [0.15, 0.2) is 16.8 Å². The molecule has 136 valence electrons. The summed E-state index contributed by atoms with van der Waals surface area (Å²) in [6, 6.07) is -2.19. The Labute approximate surface area is 137 Å². The number of nitrogens with two attached hydrogens (primary N) is 2. The van der Waals surface area contributed by atoms with Gasteiger partial charge >= 0.3 is 5.97 Å². The minimum atomic E-state index is -1.83. The molecule has 0 spiro atoms. The molecule has 1 aliphatic heterocycles. The Kier molecular flexibility index (Phi) is 6.12. The number of carbonyl (C=O) groups excluding carboxylic acids is 1. The zero-order valence-corrected chi connectivity index (χ0v) is 13.2. The summed E-state index contributed by atoms with van der Waals surface area (Å²) in [7, 11) is 0. The van der Waals surface area contributed by atoms with Gasteiger partial charge < -0.3 is 41.9 Å². The molecule has 0 aliphatic carbocycles. The van der Waals surface area contributed by atoms with E-state index in [0.29, 0.717) is 0 Å². The second-order valence-electron chi connectivity index (χ2n) is 5.54. The number of carboxylic acids is 1. The lowest BCUT2D eigenvalue weighted by atomic mass is 9.80. The zero-order chi connectivity index (χ0) is 18.7. The molecule has 5 atom stereocenters. The predicted octanol–water partition coefficient (Wildman–Crippen LogP) is -3.40. The van der Waals surface area contributed by atoms with E-state index in [2.05, 4.69) is 10.3 Å². The van der Waals surface area contributed by atoms with Crippen LogP contribution in [-0.4, -0.2) is 74.8 Å². The number of hydrogen-bond acceptors (Lipinski definition) is 7. The molecule has 1 amide bonds. The number of aliphatic imine (C=N–C) groups is 1. The first-order valence-corrected chi connectivity index (χ1v) is 6.99. The number of nitrogens with one attached hydrogen (secondary N) is 1. The van der Waals surface area contributed by atoms with Gasteiger partial charge in [0, 0.05) is 6.92 Å². The van der Waals surface area contributed by atoms with Crippen molar-refractivity contribution in [2.45, 2.75) is 43.7 Å². The maximum Gasteiger partial charge on any atom is 0.370 e. The first kappa shape index (κ1) is 19.7. The van der Waals surface area contributed by atoms with Gasteiger partial charge in [-0.15, -0.1) is 0 Å². The minimum Gasteiger partial charge on any atom is -0.475 e. The van der Waals surface area contributed by atoms with Crippen LogP contribution in [0.25, 0.3) is 0 Å². The number of rotatable bonds is 6. The van der Waals surface area contributed by atoms with Crippen LogP contribution < -0.4 is 16.8 Å². The Hall–Kier alpha value is -2.37. The molecule has 0 unspecified atom stereocenters. The Balaban J connectivity index is 3.46. The Bertz CT molecular complexity index is 561. The van der Waals surface area contributed by atoms with Crippen molar-refractivity contribution in [2.24, 2.45) is 16.5 Å². The molecule has 0 aromatic heterocycles. The number of ether oxygens (including phenoxy) is 1. The molecule has 11 nitrogen and oxygen atoms in total. The summed E-state index contributed by atoms with van der Waals surface area (Å²) < 4.78 is 5.32. The van der Waals surface area contributed by atoms with Crippen LogP contribution in [0.4, 0.5) is 0 Å². The lowest BCUT2D eigenvalue weighted by molar-refractivity contribution is -0.172. The largest absolute Gasteiger partial charge is 0.475 e. The third-order valence-electron chi connectivity index (χ3n) is 3.62. The van der Waals surface area contributed by atoms with E-state index in [1.165, 1.54) is 13.8 Å². The number of aliphatic hydroxyl groups is 3. The summed E-state index contributed by atoms with van der Waals surface area (Å²) in [4.78, 5) is 26.6. The van der Waals surface area contributed by atoms with Gasteiger partial charge in [0.25, 0.3) is 0 Å². The van der Waals surface area contributed by atoms with Gasteiger partial charge in [-0.25, -0.2) is 9.79 Å². The molecule has 9 N–H and O–H groups in total. The monoisotopic (exact) mass is 346 g/mol. The fourth-order valence-corrected chi connectivity index (χ4v) is 2.50. The molecule has 11 heteroatoms. The van der Waals surface area contributed by atoms with E-state index in [1.807, 2.05) is 0 Å². The third-order valence-corrected chi connectivity index (χ3v) is 3.62. The molecule has 0 bridgehead atoms. The molecule has 0 saturated carbocycles. The van der Waals surface area contributed by atoms with Crippen molar-refractivity contribution in [1.82, 2.24) is 5.32 Å². The summed E-state index contributed by atoms with van der Waals surface area (Å²) in [6.45, 7) is 1.65. The van der Waals surface area contributed by atoms with Crippen molar-refractivity contribution < 1.29 is 34.8 Å². The highest BCUT2D eigenvalue weighted by Crippen LogP contribution is 2.34. The summed E-state index contributed by atoms with van der Waals surface area (Å²) in [5.41, 5.74) is 8.83. The van der Waals surface area contributed by atoms with E-state index in [-0.39, 0.29) is 5.96 Å². The number of aliphatic carboxylic acids is 1. The van der Waals surface area contributed by atoms with Crippen LogP contribution in [0.3, 0.4) is 0 Å². The molecule has 0 aromatic rings. The lowest BCUT2D eigenvalue weighted by Gasteiger charge is -2.46. The van der Waals surface area contributed by atoms with Crippen LogP contribution >= 0.6 is 0 Å². The number of guanidine groups is 1. The highest BCUT2D eigenvalue weighted by Gasteiger charge is 2.53. The highest BCUT2D eigenvalue weighted by molar-refractivity contribution is 5.85. The maximum absolute atomic E-state index is 11.5. The second-order valence-corrected chi connectivity index (χ2v) is 5.54.